The van der Waals surface area contributed by atoms with Gasteiger partial charge in [0.05, 0.1) is 53.4 Å². The van der Waals surface area contributed by atoms with Crippen LogP contribution in [0.5, 0.6) is 17.2 Å². The number of aliphatic hydroxyl groups is 2. The quantitative estimate of drug-likeness (QED) is 0.0877. The number of aliphatic hydroxyl groups excluding tert-OH is 1. The lowest BCUT2D eigenvalue weighted by atomic mass is 9.72. The number of phenolic OH excluding ortho intramolecular Hbond substituents is 2. The van der Waals surface area contributed by atoms with Crippen LogP contribution in [0.1, 0.15) is 118 Å². The molecule has 8 rings (SSSR count). The first kappa shape index (κ1) is 44.0. The molecule has 0 bridgehead atoms. The van der Waals surface area contributed by atoms with Gasteiger partial charge in [-0.05, 0) is 55.3 Å². The molecule has 1 saturated heterocycles. The van der Waals surface area contributed by atoms with Crippen molar-refractivity contribution in [2.75, 3.05) is 7.11 Å². The van der Waals surface area contributed by atoms with E-state index in [-0.39, 0.29) is 64.5 Å². The van der Waals surface area contributed by atoms with E-state index in [4.69, 9.17) is 14.2 Å². The van der Waals surface area contributed by atoms with E-state index in [0.29, 0.717) is 22.5 Å². The van der Waals surface area contributed by atoms with Crippen LogP contribution in [0.15, 0.2) is 61.1 Å². The molecule has 3 aromatic heterocycles. The number of benzene rings is 2. The molecule has 64 heavy (non-hydrogen) atoms. The summed E-state index contributed by atoms with van der Waals surface area (Å²) in [5, 5.41) is 49.2. The number of hydrogen-bond donors (Lipinski definition) is 5. The first-order valence-corrected chi connectivity index (χ1v) is 20.7. The number of ether oxygens (including phenoxy) is 3. The summed E-state index contributed by atoms with van der Waals surface area (Å²) in [6, 6.07) is 10.2. The Labute approximate surface area is 366 Å². The van der Waals surface area contributed by atoms with E-state index in [2.05, 4.69) is 5.32 Å². The van der Waals surface area contributed by atoms with Crippen LogP contribution in [0.2, 0.25) is 0 Å². The summed E-state index contributed by atoms with van der Waals surface area (Å²) >= 11 is 0. The smallest absolute Gasteiger partial charge is 0.268 e. The van der Waals surface area contributed by atoms with Crippen molar-refractivity contribution in [3.63, 3.8) is 0 Å². The van der Waals surface area contributed by atoms with E-state index >= 15 is 0 Å². The van der Waals surface area contributed by atoms with Crippen molar-refractivity contribution in [3.05, 3.63) is 123 Å². The van der Waals surface area contributed by atoms with Crippen LogP contribution in [-0.2, 0) is 54.7 Å². The van der Waals surface area contributed by atoms with Crippen LogP contribution >= 0.6 is 0 Å². The average molecular weight is 877 g/mol. The second kappa shape index (κ2) is 16.5. The van der Waals surface area contributed by atoms with Crippen molar-refractivity contribution >= 4 is 34.8 Å². The highest BCUT2D eigenvalue weighted by Gasteiger charge is 2.50. The third-order valence-electron chi connectivity index (χ3n) is 12.7. The monoisotopic (exact) mass is 876 g/mol. The fourth-order valence-electron chi connectivity index (χ4n) is 9.27. The maximum Gasteiger partial charge on any atom is 0.268 e. The van der Waals surface area contributed by atoms with Crippen molar-refractivity contribution in [2.24, 2.45) is 21.1 Å². The normalized spacial score (nSPS) is 22.7. The molecule has 17 heteroatoms. The van der Waals surface area contributed by atoms with Gasteiger partial charge in [-0.2, -0.15) is 0 Å². The van der Waals surface area contributed by atoms with Gasteiger partial charge in [-0.25, -0.2) is 0 Å². The molecule has 3 aliphatic rings. The number of carbonyl (C=O) groups excluding carboxylic acids is 6. The summed E-state index contributed by atoms with van der Waals surface area (Å²) in [7, 11) is 6.47. The number of aromatic nitrogens is 3. The van der Waals surface area contributed by atoms with E-state index in [1.54, 1.807) is 84.6 Å². The Morgan fingerprint density at radius 2 is 1.50 bits per heavy atom. The highest BCUT2D eigenvalue weighted by molar-refractivity contribution is 6.31. The van der Waals surface area contributed by atoms with Gasteiger partial charge >= 0.3 is 0 Å². The molecule has 17 nitrogen and oxygen atoms in total. The molecule has 1 fully saturated rings. The van der Waals surface area contributed by atoms with Crippen LogP contribution in [0.3, 0.4) is 0 Å². The summed E-state index contributed by atoms with van der Waals surface area (Å²) in [6.07, 6.45) is -0.696. The molecule has 0 spiro atoms. The second-order valence-corrected chi connectivity index (χ2v) is 16.9. The zero-order chi connectivity index (χ0) is 46.1. The third-order valence-corrected chi connectivity index (χ3v) is 12.7. The average Bonchev–Trinajstić information content (AvgIpc) is 3.96. The number of rotatable bonds is 12. The number of hydrogen-bond acceptors (Lipinski definition) is 13. The molecule has 4 heterocycles. The van der Waals surface area contributed by atoms with Crippen molar-refractivity contribution in [3.8, 4) is 17.2 Å². The fourth-order valence-corrected chi connectivity index (χ4v) is 9.27. The predicted molar refractivity (Wildman–Crippen MR) is 226 cm³/mol. The lowest BCUT2D eigenvalue weighted by molar-refractivity contribution is -0.248. The number of nitrogens with one attached hydrogen (secondary N) is 1. The number of aryl methyl sites for hydroxylation is 3. The van der Waals surface area contributed by atoms with Crippen molar-refractivity contribution in [1.82, 2.24) is 19.0 Å². The maximum absolute atomic E-state index is 14.0. The number of Topliss-reactive ketones (excluding diaryl/α,β-unsaturated/α-hetero) is 3. The number of phenols is 2. The first-order valence-electron chi connectivity index (χ1n) is 20.7. The molecular formula is C47H48N4O13. The van der Waals surface area contributed by atoms with Crippen molar-refractivity contribution in [2.45, 2.75) is 82.2 Å². The Balaban J connectivity index is 1.01. The van der Waals surface area contributed by atoms with Crippen LogP contribution in [0.4, 0.5) is 0 Å². The van der Waals surface area contributed by atoms with Gasteiger partial charge in [0.2, 0.25) is 5.78 Å². The molecule has 6 atom stereocenters. The Hall–Kier alpha value is -6.66. The molecule has 334 valence electrons. The summed E-state index contributed by atoms with van der Waals surface area (Å²) < 4.78 is 22.7. The van der Waals surface area contributed by atoms with Crippen molar-refractivity contribution in [1.29, 1.82) is 0 Å². The highest BCUT2D eigenvalue weighted by Crippen LogP contribution is 2.52. The van der Waals surface area contributed by atoms with Crippen LogP contribution in [-0.4, -0.2) is 106 Å². The first-order chi connectivity index (χ1) is 30.3. The summed E-state index contributed by atoms with van der Waals surface area (Å²) in [5.74, 6) is -4.48. The van der Waals surface area contributed by atoms with Gasteiger partial charge in [0.1, 0.15) is 34.6 Å². The molecule has 5 N–H and O–H groups in total. The van der Waals surface area contributed by atoms with Crippen LogP contribution < -0.4 is 10.1 Å². The number of fused-ring (bicyclic) bond motifs is 3. The number of carbonyl (C=O) groups is 6. The Kier molecular flexibility index (Phi) is 11.3. The van der Waals surface area contributed by atoms with Crippen LogP contribution in [0.25, 0.3) is 0 Å². The standard InChI is InChI=1S/C47H48N4O13/c1-22-41(55)28(48-46(60)31-14-25(21-51(31)5)16-33(54)30-13-24(20-50(30)4)15-32(53)29-10-8-12-49(29)3)17-36(63-22)64-35-19-47(61,23(2)52)18-27-38(35)45(59)40-39(43(27)57)42(56)26-9-7-11-34(62-6)37(26)44(40)58/h7-14,20-22,28,35-36,41,55,57,59,61H,15-19H2,1-6H3,(H,48,60)/t22?,28?,35-,36?,41?,47+/m1/s1. The SMILES string of the molecule is COc1cccc2c1C(=O)c1c(O)c3c(c(O)c1C2=O)C[C@@](O)(C(C)=O)C[C@H]3OC1CC(NC(=O)c2cc(CC(=O)c3cc(CC(=O)c4cccn4C)cn3C)cn2C)C(O)C(C)O1. The number of methoxy groups -OCH3 is 1. The molecule has 2 aromatic carbocycles. The van der Waals surface area contributed by atoms with E-state index in [1.807, 2.05) is 0 Å². The Morgan fingerprint density at radius 1 is 0.859 bits per heavy atom. The molecule has 0 radical (unpaired) electrons. The lowest BCUT2D eigenvalue weighted by Crippen LogP contribution is -2.56. The van der Waals surface area contributed by atoms with Crippen LogP contribution in [0, 0.1) is 0 Å². The van der Waals surface area contributed by atoms with Gasteiger partial charge in [0, 0.05) is 88.5 Å². The van der Waals surface area contributed by atoms with Gasteiger partial charge < -0.3 is 53.7 Å². The lowest BCUT2D eigenvalue weighted by Gasteiger charge is -2.42. The van der Waals surface area contributed by atoms with Crippen molar-refractivity contribution < 1.29 is 63.4 Å². The van der Waals surface area contributed by atoms with E-state index in [9.17, 15) is 49.2 Å². The second-order valence-electron chi connectivity index (χ2n) is 16.9. The maximum atomic E-state index is 14.0. The number of amides is 1. The van der Waals surface area contributed by atoms with E-state index < -0.39 is 95.0 Å². The molecule has 1 aliphatic heterocycles. The molecule has 0 saturated carbocycles. The largest absolute Gasteiger partial charge is 0.507 e. The Bertz CT molecular complexity index is 2790. The predicted octanol–water partition coefficient (Wildman–Crippen LogP) is 3.37. The fraction of sp³-hybridized carbons (Fsp3) is 0.362. The van der Waals surface area contributed by atoms with Gasteiger partial charge in [0.25, 0.3) is 5.91 Å². The molecule has 1 amide bonds. The summed E-state index contributed by atoms with van der Waals surface area (Å²) in [4.78, 5) is 81.0. The topological polar surface area (TPSA) is 238 Å². The van der Waals surface area contributed by atoms with Gasteiger partial charge in [-0.15, -0.1) is 0 Å². The van der Waals surface area contributed by atoms with E-state index in [1.165, 1.54) is 25.3 Å². The molecule has 5 aromatic rings. The third kappa shape index (κ3) is 7.53. The van der Waals surface area contributed by atoms with Gasteiger partial charge in [0.15, 0.2) is 29.4 Å². The molecular weight excluding hydrogens is 829 g/mol. The highest BCUT2D eigenvalue weighted by atomic mass is 16.7. The minimum Gasteiger partial charge on any atom is -0.507 e. The zero-order valence-corrected chi connectivity index (χ0v) is 36.0. The molecule has 2 aliphatic carbocycles. The summed E-state index contributed by atoms with van der Waals surface area (Å²) in [5.41, 5.74) is -1.24. The van der Waals surface area contributed by atoms with Gasteiger partial charge in [-0.1, -0.05) is 12.1 Å². The number of aromatic hydroxyl groups is 2. The molecule has 4 unspecified atom stereocenters. The zero-order valence-electron chi connectivity index (χ0n) is 36.0. The number of ketones is 5. The number of nitrogens with zero attached hydrogens (tertiary/aromatic N) is 3. The minimum absolute atomic E-state index is 0.0437. The minimum atomic E-state index is -2.14. The van der Waals surface area contributed by atoms with E-state index in [0.717, 1.165) is 6.92 Å². The Morgan fingerprint density at radius 3 is 2.14 bits per heavy atom. The summed E-state index contributed by atoms with van der Waals surface area (Å²) in [6.45, 7) is 2.70. The van der Waals surface area contributed by atoms with Gasteiger partial charge in [-0.3, -0.25) is 28.8 Å².